The Labute approximate surface area is 143 Å². The van der Waals surface area contributed by atoms with Crippen LogP contribution in [0.25, 0.3) is 11.3 Å². The van der Waals surface area contributed by atoms with E-state index in [1.54, 1.807) is 0 Å². The third kappa shape index (κ3) is 3.58. The van der Waals surface area contributed by atoms with E-state index < -0.39 is 0 Å². The summed E-state index contributed by atoms with van der Waals surface area (Å²) in [6.45, 7) is 4.90. The molecule has 24 heavy (non-hydrogen) atoms. The summed E-state index contributed by atoms with van der Waals surface area (Å²) in [6.07, 6.45) is 8.11. The van der Waals surface area contributed by atoms with Crippen molar-refractivity contribution in [3.63, 3.8) is 0 Å². The highest BCUT2D eigenvalue weighted by molar-refractivity contribution is 5.63. The second kappa shape index (κ2) is 7.73. The Morgan fingerprint density at radius 1 is 1.17 bits per heavy atom. The van der Waals surface area contributed by atoms with Gasteiger partial charge < -0.3 is 9.72 Å². The molecule has 1 fully saturated rings. The van der Waals surface area contributed by atoms with Crippen LogP contribution in [-0.4, -0.2) is 16.2 Å². The minimum Gasteiger partial charge on any atom is -0.494 e. The van der Waals surface area contributed by atoms with Gasteiger partial charge in [0.05, 0.1) is 12.3 Å². The summed E-state index contributed by atoms with van der Waals surface area (Å²) in [5.74, 6) is 0.895. The predicted octanol–water partition coefficient (Wildman–Crippen LogP) is 4.84. The highest BCUT2D eigenvalue weighted by Gasteiger charge is 2.22. The first-order valence-corrected chi connectivity index (χ1v) is 9.25. The van der Waals surface area contributed by atoms with Crippen molar-refractivity contribution in [2.24, 2.45) is 0 Å². The Balaban J connectivity index is 1.87. The average Bonchev–Trinajstić information content (AvgIpc) is 2.90. The molecule has 130 valence electrons. The number of aryl methyl sites for hydroxylation is 1. The molecule has 4 nitrogen and oxygen atoms in total. The number of nitrogens with one attached hydrogen (secondary N) is 1. The fourth-order valence-corrected chi connectivity index (χ4v) is 3.65. The van der Waals surface area contributed by atoms with Crippen molar-refractivity contribution in [3.8, 4) is 17.0 Å². The van der Waals surface area contributed by atoms with Gasteiger partial charge in [0.2, 0.25) is 0 Å². The monoisotopic (exact) mass is 328 g/mol. The molecule has 3 rings (SSSR count). The number of unbranched alkanes of at least 4 members (excludes halogenated alkanes) is 1. The van der Waals surface area contributed by atoms with Gasteiger partial charge >= 0.3 is 5.69 Å². The van der Waals surface area contributed by atoms with E-state index in [4.69, 9.17) is 4.74 Å². The van der Waals surface area contributed by atoms with Crippen LogP contribution in [-0.2, 0) is 0 Å². The maximum absolute atomic E-state index is 12.5. The number of ether oxygens (including phenoxy) is 1. The number of aromatic amines is 1. The number of rotatable bonds is 6. The van der Waals surface area contributed by atoms with Crippen LogP contribution in [0.5, 0.6) is 5.75 Å². The first-order chi connectivity index (χ1) is 11.7. The predicted molar refractivity (Wildman–Crippen MR) is 97.8 cm³/mol. The van der Waals surface area contributed by atoms with E-state index in [2.05, 4.69) is 24.0 Å². The summed E-state index contributed by atoms with van der Waals surface area (Å²) in [6, 6.07) is 8.47. The SMILES string of the molecule is CCCCOc1ccc(-c2c(C)[nH]c(=O)n2C2CCCCC2)cc1. The fraction of sp³-hybridized carbons (Fsp3) is 0.550. The summed E-state index contributed by atoms with van der Waals surface area (Å²) < 4.78 is 7.73. The molecule has 1 N–H and O–H groups in total. The second-order valence-corrected chi connectivity index (χ2v) is 6.79. The van der Waals surface area contributed by atoms with Crippen LogP contribution >= 0.6 is 0 Å². The van der Waals surface area contributed by atoms with E-state index >= 15 is 0 Å². The molecule has 1 heterocycles. The minimum absolute atomic E-state index is 0.0256. The van der Waals surface area contributed by atoms with Gasteiger partial charge in [0.1, 0.15) is 5.75 Å². The van der Waals surface area contributed by atoms with Crippen molar-refractivity contribution < 1.29 is 4.74 Å². The van der Waals surface area contributed by atoms with Crippen LogP contribution in [0.2, 0.25) is 0 Å². The van der Waals surface area contributed by atoms with E-state index in [1.807, 2.05) is 23.6 Å². The molecule has 1 aromatic heterocycles. The summed E-state index contributed by atoms with van der Waals surface area (Å²) in [5, 5.41) is 0. The van der Waals surface area contributed by atoms with Crippen LogP contribution in [0.1, 0.15) is 63.6 Å². The zero-order valence-corrected chi connectivity index (χ0v) is 14.8. The van der Waals surface area contributed by atoms with Crippen LogP contribution < -0.4 is 10.4 Å². The maximum atomic E-state index is 12.5. The first-order valence-electron chi connectivity index (χ1n) is 9.25. The van der Waals surface area contributed by atoms with Gasteiger partial charge in [0.15, 0.2) is 0 Å². The summed E-state index contributed by atoms with van der Waals surface area (Å²) >= 11 is 0. The molecule has 1 aromatic carbocycles. The number of H-pyrrole nitrogens is 1. The maximum Gasteiger partial charge on any atom is 0.326 e. The first kappa shape index (κ1) is 16.9. The van der Waals surface area contributed by atoms with Crippen LogP contribution in [0.4, 0.5) is 0 Å². The van der Waals surface area contributed by atoms with Gasteiger partial charge in [0, 0.05) is 17.3 Å². The Kier molecular flexibility index (Phi) is 5.44. The second-order valence-electron chi connectivity index (χ2n) is 6.79. The lowest BCUT2D eigenvalue weighted by molar-refractivity contribution is 0.309. The summed E-state index contributed by atoms with van der Waals surface area (Å²) in [5.41, 5.74) is 3.09. The van der Waals surface area contributed by atoms with Crippen molar-refractivity contribution in [1.29, 1.82) is 0 Å². The number of hydrogen-bond donors (Lipinski definition) is 1. The van der Waals surface area contributed by atoms with E-state index in [-0.39, 0.29) is 5.69 Å². The van der Waals surface area contributed by atoms with Gasteiger partial charge in [0.25, 0.3) is 0 Å². The number of imidazole rings is 1. The van der Waals surface area contributed by atoms with Crippen LogP contribution in [0.15, 0.2) is 29.1 Å². The minimum atomic E-state index is 0.0256. The topological polar surface area (TPSA) is 47.0 Å². The zero-order chi connectivity index (χ0) is 16.9. The quantitative estimate of drug-likeness (QED) is 0.772. The molecule has 1 aliphatic rings. The number of benzene rings is 1. The lowest BCUT2D eigenvalue weighted by Crippen LogP contribution is -2.24. The lowest BCUT2D eigenvalue weighted by Gasteiger charge is -2.24. The largest absolute Gasteiger partial charge is 0.494 e. The molecular formula is C20H28N2O2. The molecule has 1 saturated carbocycles. The van der Waals surface area contributed by atoms with Gasteiger partial charge in [-0.15, -0.1) is 0 Å². The Hall–Kier alpha value is -1.97. The molecule has 0 amide bonds. The van der Waals surface area contributed by atoms with Crippen molar-refractivity contribution >= 4 is 0 Å². The molecule has 1 aliphatic carbocycles. The number of nitrogens with zero attached hydrogens (tertiary/aromatic N) is 1. The molecule has 0 aliphatic heterocycles. The molecule has 0 spiro atoms. The zero-order valence-electron chi connectivity index (χ0n) is 14.8. The summed E-state index contributed by atoms with van der Waals surface area (Å²) in [7, 11) is 0. The number of aromatic nitrogens is 2. The highest BCUT2D eigenvalue weighted by Crippen LogP contribution is 2.32. The lowest BCUT2D eigenvalue weighted by atomic mass is 9.94. The van der Waals surface area contributed by atoms with Gasteiger partial charge in [-0.25, -0.2) is 4.79 Å². The Morgan fingerprint density at radius 3 is 2.54 bits per heavy atom. The van der Waals surface area contributed by atoms with Gasteiger partial charge in [-0.2, -0.15) is 0 Å². The van der Waals surface area contributed by atoms with E-state index in [0.717, 1.165) is 55.0 Å². The highest BCUT2D eigenvalue weighted by atomic mass is 16.5. The van der Waals surface area contributed by atoms with Crippen molar-refractivity contribution in [3.05, 3.63) is 40.4 Å². The standard InChI is InChI=1S/C20H28N2O2/c1-3-4-14-24-18-12-10-16(11-13-18)19-15(2)21-20(23)22(19)17-8-6-5-7-9-17/h10-13,17H,3-9,14H2,1-2H3,(H,21,23). The normalized spacial score (nSPS) is 15.6. The van der Waals surface area contributed by atoms with Gasteiger partial charge in [-0.3, -0.25) is 4.57 Å². The molecule has 0 radical (unpaired) electrons. The van der Waals surface area contributed by atoms with Crippen molar-refractivity contribution in [2.45, 2.75) is 64.8 Å². The third-order valence-corrected chi connectivity index (χ3v) is 4.94. The van der Waals surface area contributed by atoms with Gasteiger partial charge in [-0.1, -0.05) is 32.6 Å². The molecule has 0 saturated heterocycles. The molecule has 2 aromatic rings. The fourth-order valence-electron chi connectivity index (χ4n) is 3.65. The Morgan fingerprint density at radius 2 is 1.88 bits per heavy atom. The third-order valence-electron chi connectivity index (χ3n) is 4.94. The molecule has 0 bridgehead atoms. The van der Waals surface area contributed by atoms with E-state index in [9.17, 15) is 4.79 Å². The van der Waals surface area contributed by atoms with Crippen molar-refractivity contribution in [2.75, 3.05) is 6.61 Å². The smallest absolute Gasteiger partial charge is 0.326 e. The molecular weight excluding hydrogens is 300 g/mol. The van der Waals surface area contributed by atoms with E-state index in [1.165, 1.54) is 19.3 Å². The van der Waals surface area contributed by atoms with Crippen LogP contribution in [0, 0.1) is 6.92 Å². The molecule has 0 atom stereocenters. The van der Waals surface area contributed by atoms with Crippen molar-refractivity contribution in [1.82, 2.24) is 9.55 Å². The molecule has 0 unspecified atom stereocenters. The summed E-state index contributed by atoms with van der Waals surface area (Å²) in [4.78, 5) is 15.5. The van der Waals surface area contributed by atoms with Crippen LogP contribution in [0.3, 0.4) is 0 Å². The molecule has 4 heteroatoms. The number of hydrogen-bond acceptors (Lipinski definition) is 2. The Bertz CT molecular complexity index is 706. The van der Waals surface area contributed by atoms with E-state index in [0.29, 0.717) is 6.04 Å². The average molecular weight is 328 g/mol. The van der Waals surface area contributed by atoms with Gasteiger partial charge in [-0.05, 0) is 50.5 Å².